The molecule has 10 rings (SSSR count). The quantitative estimate of drug-likeness (QED) is 0.188. The monoisotopic (exact) mass is 591 g/mol. The third-order valence-corrected chi connectivity index (χ3v) is 11.3. The molecule has 1 aliphatic rings. The zero-order valence-electron chi connectivity index (χ0n) is 25.1. The number of benzene rings is 7. The Bertz CT molecular complexity index is 2620. The Morgan fingerprint density at radius 3 is 1.93 bits per heavy atom. The molecule has 212 valence electrons. The number of thiophene rings is 1. The Balaban J connectivity index is 1.14. The van der Waals surface area contributed by atoms with Gasteiger partial charge in [0, 0.05) is 42.0 Å². The minimum absolute atomic E-state index is 0.106. The summed E-state index contributed by atoms with van der Waals surface area (Å²) >= 11 is 1.92. The van der Waals surface area contributed by atoms with E-state index in [1.54, 1.807) is 0 Å². The molecule has 0 aliphatic heterocycles. The van der Waals surface area contributed by atoms with E-state index in [4.69, 9.17) is 0 Å². The van der Waals surface area contributed by atoms with Gasteiger partial charge in [0.1, 0.15) is 0 Å². The Labute approximate surface area is 265 Å². The third-order valence-electron chi connectivity index (χ3n) is 10.2. The van der Waals surface area contributed by atoms with E-state index in [0.717, 1.165) is 0 Å². The summed E-state index contributed by atoms with van der Waals surface area (Å²) in [5.41, 5.74) is 11.7. The summed E-state index contributed by atoms with van der Waals surface area (Å²) in [6.07, 6.45) is 0. The fourth-order valence-electron chi connectivity index (χ4n) is 7.98. The van der Waals surface area contributed by atoms with Gasteiger partial charge in [-0.05, 0) is 86.6 Å². The van der Waals surface area contributed by atoms with Gasteiger partial charge in [0.15, 0.2) is 0 Å². The summed E-state index contributed by atoms with van der Waals surface area (Å²) < 4.78 is 5.14. The van der Waals surface area contributed by atoms with Gasteiger partial charge < -0.3 is 4.57 Å². The lowest BCUT2D eigenvalue weighted by Crippen LogP contribution is -2.15. The third kappa shape index (κ3) is 3.43. The fraction of sp³-hybridized carbons (Fsp3) is 0.0698. The highest BCUT2D eigenvalue weighted by molar-refractivity contribution is 7.25. The molecular weight excluding hydrogens is 563 g/mol. The second-order valence-corrected chi connectivity index (χ2v) is 14.0. The van der Waals surface area contributed by atoms with Crippen LogP contribution in [0, 0.1) is 0 Å². The van der Waals surface area contributed by atoms with Gasteiger partial charge in [-0.15, -0.1) is 11.3 Å². The lowest BCUT2D eigenvalue weighted by molar-refractivity contribution is 0.661. The molecule has 1 nitrogen and oxygen atoms in total. The maximum absolute atomic E-state index is 2.49. The summed E-state index contributed by atoms with van der Waals surface area (Å²) in [6, 6.07) is 51.9. The first-order valence-corrected chi connectivity index (χ1v) is 16.5. The molecule has 0 bridgehead atoms. The van der Waals surface area contributed by atoms with Crippen molar-refractivity contribution in [3.63, 3.8) is 0 Å². The van der Waals surface area contributed by atoms with Gasteiger partial charge in [-0.25, -0.2) is 0 Å². The van der Waals surface area contributed by atoms with Crippen molar-refractivity contribution < 1.29 is 0 Å². The molecule has 0 saturated heterocycles. The molecule has 2 aromatic heterocycles. The first kappa shape index (κ1) is 25.2. The van der Waals surface area contributed by atoms with Crippen molar-refractivity contribution >= 4 is 64.1 Å². The SMILES string of the molecule is CC1(C)c2cc(-n3c4ccccc4c4ccccc43)ccc2-c2cc3sc4cc(-c5cccc6ccccc56)ccc4c3cc21. The number of aromatic nitrogens is 1. The molecule has 9 aromatic rings. The highest BCUT2D eigenvalue weighted by Crippen LogP contribution is 2.52. The average molecular weight is 592 g/mol. The Kier molecular flexibility index (Phi) is 5.00. The molecule has 0 saturated carbocycles. The number of hydrogen-bond donors (Lipinski definition) is 0. The van der Waals surface area contributed by atoms with Crippen LogP contribution in [0.2, 0.25) is 0 Å². The zero-order chi connectivity index (χ0) is 29.9. The van der Waals surface area contributed by atoms with Gasteiger partial charge >= 0.3 is 0 Å². The van der Waals surface area contributed by atoms with Crippen molar-refractivity contribution in [3.05, 3.63) is 151 Å². The maximum atomic E-state index is 2.49. The van der Waals surface area contributed by atoms with E-state index in [1.165, 1.54) is 91.8 Å². The lowest BCUT2D eigenvalue weighted by Gasteiger charge is -2.22. The topological polar surface area (TPSA) is 4.93 Å². The van der Waals surface area contributed by atoms with Crippen LogP contribution in [-0.2, 0) is 5.41 Å². The predicted molar refractivity (Wildman–Crippen MR) is 194 cm³/mol. The van der Waals surface area contributed by atoms with Crippen LogP contribution in [0.15, 0.2) is 140 Å². The van der Waals surface area contributed by atoms with E-state index in [0.29, 0.717) is 0 Å². The van der Waals surface area contributed by atoms with Crippen LogP contribution < -0.4 is 0 Å². The van der Waals surface area contributed by atoms with Crippen LogP contribution in [0.1, 0.15) is 25.0 Å². The summed E-state index contributed by atoms with van der Waals surface area (Å²) in [4.78, 5) is 0. The highest BCUT2D eigenvalue weighted by Gasteiger charge is 2.36. The standard InChI is InChI=1S/C43H29NS/c1-43(2)37-23-28(44-39-16-7-5-13-32(39)33-14-6-8-17-40(33)44)19-21-31(37)35-25-42-36(24-38(35)43)34-20-18-27(22-41(34)45-42)30-15-9-11-26-10-3-4-12-29(26)30/h3-25H,1-2H3. The second-order valence-electron chi connectivity index (χ2n) is 13.0. The molecule has 0 atom stereocenters. The molecule has 0 radical (unpaired) electrons. The fourth-order valence-corrected chi connectivity index (χ4v) is 9.14. The Morgan fingerprint density at radius 2 is 1.13 bits per heavy atom. The highest BCUT2D eigenvalue weighted by atomic mass is 32.1. The van der Waals surface area contributed by atoms with Gasteiger partial charge in [-0.2, -0.15) is 0 Å². The van der Waals surface area contributed by atoms with Gasteiger partial charge in [-0.1, -0.05) is 111 Å². The minimum atomic E-state index is -0.106. The molecule has 0 N–H and O–H groups in total. The van der Waals surface area contributed by atoms with Crippen molar-refractivity contribution in [2.75, 3.05) is 0 Å². The van der Waals surface area contributed by atoms with E-state index in [2.05, 4.69) is 158 Å². The Hall–Kier alpha value is -5.18. The van der Waals surface area contributed by atoms with Crippen molar-refractivity contribution in [2.45, 2.75) is 19.3 Å². The van der Waals surface area contributed by atoms with Crippen LogP contribution in [0.3, 0.4) is 0 Å². The van der Waals surface area contributed by atoms with Crippen LogP contribution in [0.25, 0.3) is 80.7 Å². The molecular formula is C43H29NS. The maximum Gasteiger partial charge on any atom is 0.0541 e. The van der Waals surface area contributed by atoms with Crippen molar-refractivity contribution in [1.82, 2.24) is 4.57 Å². The molecule has 0 spiro atoms. The molecule has 0 fully saturated rings. The first-order chi connectivity index (χ1) is 22.1. The van der Waals surface area contributed by atoms with Crippen LogP contribution in [-0.4, -0.2) is 4.57 Å². The lowest BCUT2D eigenvalue weighted by atomic mass is 9.82. The predicted octanol–water partition coefficient (Wildman–Crippen LogP) is 12.3. The molecule has 7 aromatic carbocycles. The van der Waals surface area contributed by atoms with Crippen LogP contribution in [0.5, 0.6) is 0 Å². The van der Waals surface area contributed by atoms with Crippen molar-refractivity contribution in [1.29, 1.82) is 0 Å². The summed E-state index contributed by atoms with van der Waals surface area (Å²) in [5.74, 6) is 0. The van der Waals surface area contributed by atoms with Gasteiger partial charge in [0.25, 0.3) is 0 Å². The van der Waals surface area contributed by atoms with Gasteiger partial charge in [0.05, 0.1) is 11.0 Å². The number of para-hydroxylation sites is 2. The van der Waals surface area contributed by atoms with Gasteiger partial charge in [-0.3, -0.25) is 0 Å². The molecule has 0 unspecified atom stereocenters. The van der Waals surface area contributed by atoms with E-state index < -0.39 is 0 Å². The van der Waals surface area contributed by atoms with Crippen molar-refractivity contribution in [3.8, 4) is 27.9 Å². The zero-order valence-corrected chi connectivity index (χ0v) is 26.0. The number of nitrogens with zero attached hydrogens (tertiary/aromatic N) is 1. The second kappa shape index (κ2) is 8.94. The Morgan fingerprint density at radius 1 is 0.467 bits per heavy atom. The average Bonchev–Trinajstić information content (AvgIpc) is 3.68. The summed E-state index contributed by atoms with van der Waals surface area (Å²) in [6.45, 7) is 4.79. The summed E-state index contributed by atoms with van der Waals surface area (Å²) in [5, 5.41) is 7.89. The number of rotatable bonds is 2. The molecule has 45 heavy (non-hydrogen) atoms. The van der Waals surface area contributed by atoms with Gasteiger partial charge in [0.2, 0.25) is 0 Å². The van der Waals surface area contributed by atoms with E-state index in [9.17, 15) is 0 Å². The molecule has 0 amide bonds. The summed E-state index contributed by atoms with van der Waals surface area (Å²) in [7, 11) is 0. The van der Waals surface area contributed by atoms with Crippen LogP contribution >= 0.6 is 11.3 Å². The smallest absolute Gasteiger partial charge is 0.0541 e. The van der Waals surface area contributed by atoms with E-state index in [-0.39, 0.29) is 5.41 Å². The normalized spacial score (nSPS) is 13.7. The number of hydrogen-bond acceptors (Lipinski definition) is 1. The minimum Gasteiger partial charge on any atom is -0.309 e. The largest absolute Gasteiger partial charge is 0.309 e. The first-order valence-electron chi connectivity index (χ1n) is 15.7. The molecule has 1 aliphatic carbocycles. The molecule has 2 heteroatoms. The van der Waals surface area contributed by atoms with E-state index in [1.807, 2.05) is 11.3 Å². The van der Waals surface area contributed by atoms with Crippen molar-refractivity contribution in [2.24, 2.45) is 0 Å². The number of fused-ring (bicyclic) bond motifs is 10. The molecule has 2 heterocycles. The van der Waals surface area contributed by atoms with Crippen LogP contribution in [0.4, 0.5) is 0 Å². The van der Waals surface area contributed by atoms with E-state index >= 15 is 0 Å².